The summed E-state index contributed by atoms with van der Waals surface area (Å²) in [6.45, 7) is 0. The van der Waals surface area contributed by atoms with Crippen LogP contribution in [-0.2, 0) is 0 Å². The summed E-state index contributed by atoms with van der Waals surface area (Å²) in [7, 11) is 0. The van der Waals surface area contributed by atoms with E-state index in [1.54, 1.807) is 15.9 Å². The van der Waals surface area contributed by atoms with Gasteiger partial charge in [0.05, 0.1) is 15.7 Å². The van der Waals surface area contributed by atoms with Crippen molar-refractivity contribution < 1.29 is 9.96 Å². The highest BCUT2D eigenvalue weighted by molar-refractivity contribution is 7.17. The normalized spacial score (nSPS) is 11.9. The van der Waals surface area contributed by atoms with Crippen LogP contribution in [0.5, 0.6) is 0 Å². The maximum absolute atomic E-state index is 10.6. The predicted octanol–water partition coefficient (Wildman–Crippen LogP) is 2.12. The number of nitro benzene ring substituents is 1. The molecule has 0 N–H and O–H groups in total. The van der Waals surface area contributed by atoms with Crippen molar-refractivity contribution in [1.82, 2.24) is 8.77 Å². The second-order valence-corrected chi connectivity index (χ2v) is 5.57. The molecule has 3 rings (SSSR count). The lowest BCUT2D eigenvalue weighted by atomic mass is 10.1. The fourth-order valence-corrected chi connectivity index (χ4v) is 3.63. The van der Waals surface area contributed by atoms with E-state index < -0.39 is 9.96 Å². The van der Waals surface area contributed by atoms with Gasteiger partial charge in [-0.05, 0) is 23.7 Å². The maximum Gasteiger partial charge on any atom is 0.300 e. The fraction of sp³-hybridized carbons (Fsp3) is 0. The van der Waals surface area contributed by atoms with Gasteiger partial charge in [-0.15, -0.1) is 11.3 Å². The Kier molecular flexibility index (Phi) is 3.19. The van der Waals surface area contributed by atoms with E-state index in [1.807, 2.05) is 5.38 Å². The number of nitrogens with zero attached hydrogens (tertiary/aromatic N) is 5. The second-order valence-electron chi connectivity index (χ2n) is 3.83. The molecule has 0 unspecified atom stereocenters. The largest absolute Gasteiger partial charge is 0.300 e. The third-order valence-electron chi connectivity index (χ3n) is 2.57. The van der Waals surface area contributed by atoms with Crippen LogP contribution in [0, 0.1) is 20.2 Å². The van der Waals surface area contributed by atoms with E-state index in [-0.39, 0.29) is 10.5 Å². The van der Waals surface area contributed by atoms with Crippen molar-refractivity contribution in [3.05, 3.63) is 54.7 Å². The molecule has 0 aliphatic carbocycles. The van der Waals surface area contributed by atoms with E-state index in [9.17, 15) is 20.2 Å². The van der Waals surface area contributed by atoms with Crippen LogP contribution in [0.3, 0.4) is 0 Å². The van der Waals surface area contributed by atoms with Gasteiger partial charge in [-0.25, -0.2) is 13.9 Å². The lowest BCUT2D eigenvalue weighted by Crippen LogP contribution is -2.01. The Hall–Kier alpha value is -2.66. The molecular weight excluding hydrogens is 318 g/mol. The Morgan fingerprint density at radius 3 is 2.52 bits per heavy atom. The van der Waals surface area contributed by atoms with Crippen LogP contribution >= 0.6 is 22.9 Å². The van der Waals surface area contributed by atoms with Gasteiger partial charge in [0.25, 0.3) is 5.69 Å². The molecule has 0 radical (unpaired) electrons. The standard InChI is InChI=1S/C10H5N5O4S2/c16-14(17)7-3-1-6(2-4-7)8-5-20-10-11-9(12-15(18)19)21-13(8)10/h1-5H. The average molecular weight is 323 g/mol. The van der Waals surface area contributed by atoms with Gasteiger partial charge >= 0.3 is 4.80 Å². The molecule has 0 amide bonds. The van der Waals surface area contributed by atoms with Gasteiger partial charge < -0.3 is 0 Å². The summed E-state index contributed by atoms with van der Waals surface area (Å²) in [6, 6.07) is 6.05. The highest BCUT2D eigenvalue weighted by atomic mass is 32.1. The first kappa shape index (κ1) is 13.3. The van der Waals surface area contributed by atoms with Gasteiger partial charge in [0.2, 0.25) is 4.96 Å². The topological polar surface area (TPSA) is 116 Å². The molecule has 11 heteroatoms. The van der Waals surface area contributed by atoms with E-state index in [4.69, 9.17) is 0 Å². The molecule has 0 fully saturated rings. The van der Waals surface area contributed by atoms with Crippen LogP contribution in [0.1, 0.15) is 0 Å². The number of hydrogen-bond donors (Lipinski definition) is 0. The highest BCUT2D eigenvalue weighted by Crippen LogP contribution is 2.27. The molecule has 0 spiro atoms. The molecule has 0 aliphatic rings. The van der Waals surface area contributed by atoms with E-state index in [1.165, 1.54) is 23.5 Å². The van der Waals surface area contributed by atoms with Crippen LogP contribution in [0.2, 0.25) is 0 Å². The lowest BCUT2D eigenvalue weighted by molar-refractivity contribution is -0.490. The number of rotatable bonds is 3. The van der Waals surface area contributed by atoms with Crippen molar-refractivity contribution in [1.29, 1.82) is 0 Å². The van der Waals surface area contributed by atoms with Gasteiger partial charge in [0, 0.05) is 23.1 Å². The number of fused-ring (bicyclic) bond motifs is 1. The van der Waals surface area contributed by atoms with Crippen LogP contribution in [0.15, 0.2) is 34.7 Å². The Morgan fingerprint density at radius 1 is 1.19 bits per heavy atom. The monoisotopic (exact) mass is 323 g/mol. The van der Waals surface area contributed by atoms with Crippen molar-refractivity contribution >= 4 is 33.5 Å². The first-order valence-corrected chi connectivity index (χ1v) is 7.11. The predicted molar refractivity (Wildman–Crippen MR) is 75.6 cm³/mol. The van der Waals surface area contributed by atoms with Crippen LogP contribution in [0.4, 0.5) is 5.69 Å². The second kappa shape index (κ2) is 5.03. The third kappa shape index (κ3) is 2.51. The minimum Gasteiger partial charge on any atom is -0.258 e. The van der Waals surface area contributed by atoms with E-state index in [0.717, 1.165) is 22.8 Å². The summed E-state index contributed by atoms with van der Waals surface area (Å²) in [6.07, 6.45) is 0. The molecule has 21 heavy (non-hydrogen) atoms. The summed E-state index contributed by atoms with van der Waals surface area (Å²) in [5.74, 6) is 0. The quantitative estimate of drug-likeness (QED) is 0.540. The van der Waals surface area contributed by atoms with Gasteiger partial charge in [-0.2, -0.15) is 4.98 Å². The molecule has 0 saturated carbocycles. The number of thiazole rings is 1. The summed E-state index contributed by atoms with van der Waals surface area (Å²) < 4.78 is 1.70. The Bertz CT molecular complexity index is 908. The van der Waals surface area contributed by atoms with Crippen molar-refractivity contribution in [3.63, 3.8) is 0 Å². The summed E-state index contributed by atoms with van der Waals surface area (Å²) >= 11 is 2.35. The fourth-order valence-electron chi connectivity index (χ4n) is 1.70. The van der Waals surface area contributed by atoms with E-state index in [0.29, 0.717) is 4.96 Å². The number of aromatic nitrogens is 2. The van der Waals surface area contributed by atoms with Crippen molar-refractivity contribution in [2.24, 2.45) is 5.10 Å². The molecule has 0 aliphatic heterocycles. The summed E-state index contributed by atoms with van der Waals surface area (Å²) in [5.41, 5.74) is 1.52. The average Bonchev–Trinajstić information content (AvgIpc) is 2.97. The zero-order valence-electron chi connectivity index (χ0n) is 10.1. The molecule has 3 aromatic rings. The Morgan fingerprint density at radius 2 is 1.90 bits per heavy atom. The van der Waals surface area contributed by atoms with Crippen LogP contribution in [0.25, 0.3) is 16.2 Å². The van der Waals surface area contributed by atoms with E-state index >= 15 is 0 Å². The maximum atomic E-state index is 10.6. The zero-order valence-corrected chi connectivity index (χ0v) is 11.7. The smallest absolute Gasteiger partial charge is 0.258 e. The number of non-ortho nitro benzene ring substituents is 1. The SMILES string of the molecule is O=[N+]([O-])N=c1nc2scc(-c3ccc([N+](=O)[O-])cc3)n2s1. The van der Waals surface area contributed by atoms with Gasteiger partial charge in [-0.3, -0.25) is 10.1 Å². The van der Waals surface area contributed by atoms with Crippen molar-refractivity contribution in [3.8, 4) is 11.3 Å². The summed E-state index contributed by atoms with van der Waals surface area (Å²) in [4.78, 5) is 25.2. The van der Waals surface area contributed by atoms with Crippen molar-refractivity contribution in [2.75, 3.05) is 0 Å². The first-order chi connectivity index (χ1) is 10.0. The van der Waals surface area contributed by atoms with Crippen LogP contribution in [-0.4, -0.2) is 18.7 Å². The van der Waals surface area contributed by atoms with Gasteiger partial charge in [0.15, 0.2) is 5.03 Å². The highest BCUT2D eigenvalue weighted by Gasteiger charge is 2.12. The van der Waals surface area contributed by atoms with Gasteiger partial charge in [0.1, 0.15) is 0 Å². The summed E-state index contributed by atoms with van der Waals surface area (Å²) in [5, 5.41) is 25.2. The Labute approximate surface area is 123 Å². The Balaban J connectivity index is 2.09. The molecule has 9 nitrogen and oxygen atoms in total. The molecule has 1 aromatic carbocycles. The first-order valence-electron chi connectivity index (χ1n) is 5.46. The molecular formula is C10H5N5O4S2. The minimum absolute atomic E-state index is 0.00330. The molecule has 2 aromatic heterocycles. The molecule has 0 saturated heterocycles. The number of benzene rings is 1. The molecule has 106 valence electrons. The number of hydrogen-bond acceptors (Lipinski definition) is 7. The van der Waals surface area contributed by atoms with Crippen molar-refractivity contribution in [2.45, 2.75) is 0 Å². The minimum atomic E-state index is -0.797. The third-order valence-corrected chi connectivity index (χ3v) is 4.40. The lowest BCUT2D eigenvalue weighted by Gasteiger charge is -1.98. The molecule has 0 bridgehead atoms. The molecule has 0 atom stereocenters. The molecule has 2 heterocycles. The van der Waals surface area contributed by atoms with Crippen LogP contribution < -0.4 is 4.80 Å². The zero-order chi connectivity index (χ0) is 15.0. The number of nitro groups is 2. The van der Waals surface area contributed by atoms with Gasteiger partial charge in [-0.1, -0.05) is 0 Å². The van der Waals surface area contributed by atoms with E-state index in [2.05, 4.69) is 10.1 Å².